The van der Waals surface area contributed by atoms with Crippen LogP contribution in [-0.4, -0.2) is 30.6 Å². The normalized spacial score (nSPS) is 20.8. The second-order valence-corrected chi connectivity index (χ2v) is 6.16. The zero-order valence-corrected chi connectivity index (χ0v) is 12.1. The molecule has 90 valence electrons. The maximum absolute atomic E-state index is 3.62. The van der Waals surface area contributed by atoms with E-state index >= 15 is 0 Å². The molecule has 1 fully saturated rings. The molecule has 4 heteroatoms. The molecule has 2 nitrogen and oxygen atoms in total. The molecule has 16 heavy (non-hydrogen) atoms. The highest BCUT2D eigenvalue weighted by atomic mass is 79.9. The van der Waals surface area contributed by atoms with E-state index in [0.29, 0.717) is 0 Å². The lowest BCUT2D eigenvalue weighted by molar-refractivity contribution is 0.201. The van der Waals surface area contributed by atoms with Gasteiger partial charge in [0.1, 0.15) is 0 Å². The molecular weight excluding hydrogens is 284 g/mol. The fraction of sp³-hybridized carbons (Fsp3) is 0.667. The minimum Gasteiger partial charge on any atom is -0.315 e. The molecule has 0 amide bonds. The predicted molar refractivity (Wildman–Crippen MR) is 74.0 cm³/mol. The SMILES string of the molecule is CCCN(Cc1sccc1Br)C1CCNC1. The van der Waals surface area contributed by atoms with Crippen LogP contribution in [0.5, 0.6) is 0 Å². The molecule has 2 heterocycles. The highest BCUT2D eigenvalue weighted by Gasteiger charge is 2.22. The number of hydrogen-bond acceptors (Lipinski definition) is 3. The first-order chi connectivity index (χ1) is 7.81. The topological polar surface area (TPSA) is 15.3 Å². The van der Waals surface area contributed by atoms with Crippen molar-refractivity contribution in [3.8, 4) is 0 Å². The van der Waals surface area contributed by atoms with Crippen molar-refractivity contribution in [2.45, 2.75) is 32.4 Å². The molecule has 0 spiro atoms. The van der Waals surface area contributed by atoms with Crippen molar-refractivity contribution in [1.82, 2.24) is 10.2 Å². The van der Waals surface area contributed by atoms with Gasteiger partial charge in [0.2, 0.25) is 0 Å². The van der Waals surface area contributed by atoms with Crippen molar-refractivity contribution in [3.05, 3.63) is 20.8 Å². The van der Waals surface area contributed by atoms with Gasteiger partial charge in [-0.25, -0.2) is 0 Å². The Labute approximate surface area is 110 Å². The Hall–Kier alpha value is 0.1000. The van der Waals surface area contributed by atoms with Crippen molar-refractivity contribution < 1.29 is 0 Å². The Bertz CT molecular complexity index is 321. The van der Waals surface area contributed by atoms with Crippen LogP contribution in [0.4, 0.5) is 0 Å². The zero-order chi connectivity index (χ0) is 11.4. The zero-order valence-electron chi connectivity index (χ0n) is 9.71. The molecule has 1 atom stereocenters. The Morgan fingerprint density at radius 1 is 1.62 bits per heavy atom. The second kappa shape index (κ2) is 6.15. The number of halogens is 1. The Morgan fingerprint density at radius 2 is 2.50 bits per heavy atom. The van der Waals surface area contributed by atoms with Crippen LogP contribution >= 0.6 is 27.3 Å². The van der Waals surface area contributed by atoms with Gasteiger partial charge in [-0.1, -0.05) is 6.92 Å². The first-order valence-electron chi connectivity index (χ1n) is 5.98. The lowest BCUT2D eigenvalue weighted by Crippen LogP contribution is -2.36. The first kappa shape index (κ1) is 12.6. The molecule has 0 aromatic carbocycles. The van der Waals surface area contributed by atoms with E-state index < -0.39 is 0 Å². The molecule has 1 aliphatic rings. The van der Waals surface area contributed by atoms with E-state index in [9.17, 15) is 0 Å². The molecule has 1 unspecified atom stereocenters. The van der Waals surface area contributed by atoms with Gasteiger partial charge in [0.05, 0.1) is 0 Å². The summed E-state index contributed by atoms with van der Waals surface area (Å²) in [5.74, 6) is 0. The first-order valence-corrected chi connectivity index (χ1v) is 7.65. The van der Waals surface area contributed by atoms with Gasteiger partial charge in [-0.3, -0.25) is 4.90 Å². The summed E-state index contributed by atoms with van der Waals surface area (Å²) in [6, 6.07) is 2.88. The predicted octanol–water partition coefficient (Wildman–Crippen LogP) is 3.08. The lowest BCUT2D eigenvalue weighted by Gasteiger charge is -2.27. The molecule has 1 aliphatic heterocycles. The number of rotatable bonds is 5. The molecule has 1 saturated heterocycles. The molecule has 0 radical (unpaired) electrons. The summed E-state index contributed by atoms with van der Waals surface area (Å²) in [6.07, 6.45) is 2.53. The van der Waals surface area contributed by atoms with Crippen LogP contribution < -0.4 is 5.32 Å². The standard InChI is InChI=1S/C12H19BrN2S/c1-2-6-15(10-3-5-14-8-10)9-12-11(13)4-7-16-12/h4,7,10,14H,2-3,5-6,8-9H2,1H3. The van der Waals surface area contributed by atoms with E-state index in [1.54, 1.807) is 0 Å². The number of nitrogens with zero attached hydrogens (tertiary/aromatic N) is 1. The van der Waals surface area contributed by atoms with E-state index in [2.05, 4.69) is 44.5 Å². The van der Waals surface area contributed by atoms with Gasteiger partial charge in [0.15, 0.2) is 0 Å². The molecule has 1 aromatic heterocycles. The van der Waals surface area contributed by atoms with Crippen LogP contribution in [0.25, 0.3) is 0 Å². The molecule has 0 saturated carbocycles. The molecular formula is C12H19BrN2S. The third-order valence-corrected chi connectivity index (χ3v) is 5.01. The Kier molecular flexibility index (Phi) is 4.82. The smallest absolute Gasteiger partial charge is 0.0342 e. The second-order valence-electron chi connectivity index (χ2n) is 4.31. The van der Waals surface area contributed by atoms with Crippen molar-refractivity contribution in [2.75, 3.05) is 19.6 Å². The quantitative estimate of drug-likeness (QED) is 0.899. The summed E-state index contributed by atoms with van der Waals surface area (Å²) in [7, 11) is 0. The van der Waals surface area contributed by atoms with Gasteiger partial charge in [0.25, 0.3) is 0 Å². The van der Waals surface area contributed by atoms with Gasteiger partial charge in [-0.15, -0.1) is 11.3 Å². The Morgan fingerprint density at radius 3 is 3.06 bits per heavy atom. The van der Waals surface area contributed by atoms with Gasteiger partial charge in [-0.05, 0) is 53.3 Å². The Balaban J connectivity index is 1.99. The van der Waals surface area contributed by atoms with Crippen LogP contribution in [0, 0.1) is 0 Å². The van der Waals surface area contributed by atoms with Crippen molar-refractivity contribution in [3.63, 3.8) is 0 Å². The minimum absolute atomic E-state index is 0.731. The molecule has 0 aliphatic carbocycles. The van der Waals surface area contributed by atoms with Crippen LogP contribution in [0.2, 0.25) is 0 Å². The number of nitrogens with one attached hydrogen (secondary N) is 1. The van der Waals surface area contributed by atoms with Crippen LogP contribution in [0.3, 0.4) is 0 Å². The van der Waals surface area contributed by atoms with Gasteiger partial charge >= 0.3 is 0 Å². The number of hydrogen-bond donors (Lipinski definition) is 1. The third kappa shape index (κ3) is 3.06. The van der Waals surface area contributed by atoms with E-state index in [1.165, 1.54) is 35.3 Å². The third-order valence-electron chi connectivity index (χ3n) is 3.10. The maximum atomic E-state index is 3.62. The molecule has 1 N–H and O–H groups in total. The van der Waals surface area contributed by atoms with Crippen molar-refractivity contribution in [1.29, 1.82) is 0 Å². The lowest BCUT2D eigenvalue weighted by atomic mass is 10.2. The summed E-state index contributed by atoms with van der Waals surface area (Å²) in [6.45, 7) is 6.90. The molecule has 1 aromatic rings. The van der Waals surface area contributed by atoms with E-state index in [1.807, 2.05) is 11.3 Å². The van der Waals surface area contributed by atoms with Crippen molar-refractivity contribution in [2.24, 2.45) is 0 Å². The van der Waals surface area contributed by atoms with E-state index in [0.717, 1.165) is 19.1 Å². The average molecular weight is 303 g/mol. The summed E-state index contributed by atoms with van der Waals surface area (Å²) in [5.41, 5.74) is 0. The summed E-state index contributed by atoms with van der Waals surface area (Å²) in [5, 5.41) is 5.62. The van der Waals surface area contributed by atoms with E-state index in [-0.39, 0.29) is 0 Å². The summed E-state index contributed by atoms with van der Waals surface area (Å²) < 4.78 is 1.27. The van der Waals surface area contributed by atoms with Crippen LogP contribution in [-0.2, 0) is 6.54 Å². The van der Waals surface area contributed by atoms with Gasteiger partial charge in [-0.2, -0.15) is 0 Å². The van der Waals surface area contributed by atoms with Crippen molar-refractivity contribution >= 4 is 27.3 Å². The highest BCUT2D eigenvalue weighted by molar-refractivity contribution is 9.10. The fourth-order valence-corrected chi connectivity index (χ4v) is 3.75. The molecule has 0 bridgehead atoms. The highest BCUT2D eigenvalue weighted by Crippen LogP contribution is 2.25. The van der Waals surface area contributed by atoms with Crippen LogP contribution in [0.1, 0.15) is 24.6 Å². The maximum Gasteiger partial charge on any atom is 0.0342 e. The van der Waals surface area contributed by atoms with Gasteiger partial charge < -0.3 is 5.32 Å². The van der Waals surface area contributed by atoms with Crippen LogP contribution in [0.15, 0.2) is 15.9 Å². The van der Waals surface area contributed by atoms with E-state index in [4.69, 9.17) is 0 Å². The largest absolute Gasteiger partial charge is 0.315 e. The number of thiophene rings is 1. The minimum atomic E-state index is 0.731. The summed E-state index contributed by atoms with van der Waals surface area (Å²) in [4.78, 5) is 4.08. The summed E-state index contributed by atoms with van der Waals surface area (Å²) >= 11 is 5.48. The average Bonchev–Trinajstić information content (AvgIpc) is 2.90. The van der Waals surface area contributed by atoms with Gasteiger partial charge in [0, 0.05) is 28.5 Å². The fourth-order valence-electron chi connectivity index (χ4n) is 2.25. The monoisotopic (exact) mass is 302 g/mol. The molecule has 2 rings (SSSR count).